The minimum atomic E-state index is -3.82. The van der Waals surface area contributed by atoms with E-state index in [0.29, 0.717) is 5.56 Å². The van der Waals surface area contributed by atoms with E-state index in [1.165, 1.54) is 10.6 Å². The summed E-state index contributed by atoms with van der Waals surface area (Å²) in [6.45, 7) is 7.75. The highest BCUT2D eigenvalue weighted by Crippen LogP contribution is 2.53. The average molecular weight is 495 g/mol. The lowest BCUT2D eigenvalue weighted by Gasteiger charge is -2.34. The van der Waals surface area contributed by atoms with Crippen molar-refractivity contribution >= 4 is 18.8 Å². The molecule has 2 aliphatic heterocycles. The van der Waals surface area contributed by atoms with Gasteiger partial charge in [-0.3, -0.25) is 18.7 Å². The van der Waals surface area contributed by atoms with E-state index in [4.69, 9.17) is 13.8 Å². The van der Waals surface area contributed by atoms with Crippen molar-refractivity contribution in [3.05, 3.63) is 51.5 Å². The summed E-state index contributed by atoms with van der Waals surface area (Å²) in [5.41, 5.74) is -2.19. The van der Waals surface area contributed by atoms with Gasteiger partial charge in [0, 0.05) is 12.0 Å². The SMILES string of the molecule is CC1(C)COP(=O)(c2cc(F)ccc2CNC(=O)c2nc3n(c(=O)c2O)CCOC3(C)C)OC1. The second-order valence-electron chi connectivity index (χ2n) is 9.61. The zero-order valence-electron chi connectivity index (χ0n) is 19.4. The summed E-state index contributed by atoms with van der Waals surface area (Å²) < 4.78 is 45.3. The molecular weight excluding hydrogens is 468 g/mol. The van der Waals surface area contributed by atoms with E-state index in [9.17, 15) is 23.7 Å². The van der Waals surface area contributed by atoms with E-state index in [-0.39, 0.29) is 49.5 Å². The molecule has 0 aliphatic carbocycles. The summed E-state index contributed by atoms with van der Waals surface area (Å²) >= 11 is 0. The standard InChI is InChI=1S/C22H27FN3O7P/c1-21(2)11-32-34(30,33-12-21)15-9-14(23)6-5-13(15)10-24-18(28)16-17(27)19(29)26-7-8-31-22(3,4)20(26)25-16/h5-6,9,27H,7-8,10-12H2,1-4H3,(H,24,28). The van der Waals surface area contributed by atoms with Crippen LogP contribution in [0.3, 0.4) is 0 Å². The van der Waals surface area contributed by atoms with E-state index < -0.39 is 41.9 Å². The molecule has 2 N–H and O–H groups in total. The lowest BCUT2D eigenvalue weighted by Crippen LogP contribution is -2.42. The van der Waals surface area contributed by atoms with Gasteiger partial charge in [-0.2, -0.15) is 0 Å². The van der Waals surface area contributed by atoms with Crippen molar-refractivity contribution in [2.24, 2.45) is 5.41 Å². The summed E-state index contributed by atoms with van der Waals surface area (Å²) in [6.07, 6.45) is 0. The normalized spacial score (nSPS) is 20.4. The Labute approximate surface area is 195 Å². The quantitative estimate of drug-likeness (QED) is 0.618. The fourth-order valence-corrected chi connectivity index (χ4v) is 5.94. The molecule has 10 nitrogen and oxygen atoms in total. The van der Waals surface area contributed by atoms with Crippen LogP contribution in [0, 0.1) is 11.2 Å². The highest BCUT2D eigenvalue weighted by molar-refractivity contribution is 7.62. The van der Waals surface area contributed by atoms with E-state index in [1.54, 1.807) is 13.8 Å². The smallest absolute Gasteiger partial charge is 0.361 e. The van der Waals surface area contributed by atoms with Crippen LogP contribution in [0.1, 0.15) is 49.6 Å². The summed E-state index contributed by atoms with van der Waals surface area (Å²) in [5, 5.41) is 12.9. The van der Waals surface area contributed by atoms with Gasteiger partial charge in [0.2, 0.25) is 5.75 Å². The molecule has 0 bridgehead atoms. The number of rotatable bonds is 4. The number of fused-ring (bicyclic) bond motifs is 1. The van der Waals surface area contributed by atoms with Crippen molar-refractivity contribution in [2.45, 2.75) is 46.4 Å². The molecule has 3 heterocycles. The maximum Gasteiger partial charge on any atom is 0.361 e. The number of halogens is 1. The van der Waals surface area contributed by atoms with Crippen LogP contribution in [0.25, 0.3) is 0 Å². The predicted molar refractivity (Wildman–Crippen MR) is 120 cm³/mol. The van der Waals surface area contributed by atoms with Gasteiger partial charge in [0.15, 0.2) is 5.69 Å². The third-order valence-electron chi connectivity index (χ3n) is 5.71. The van der Waals surface area contributed by atoms with Gasteiger partial charge in [-0.25, -0.2) is 9.37 Å². The maximum absolute atomic E-state index is 14.0. The molecule has 12 heteroatoms. The topological polar surface area (TPSA) is 129 Å². The van der Waals surface area contributed by atoms with Gasteiger partial charge in [-0.05, 0) is 31.5 Å². The van der Waals surface area contributed by atoms with E-state index >= 15 is 0 Å². The highest BCUT2D eigenvalue weighted by Gasteiger charge is 2.40. The number of amides is 1. The van der Waals surface area contributed by atoms with Crippen LogP contribution in [0.5, 0.6) is 5.75 Å². The van der Waals surface area contributed by atoms with Crippen LogP contribution >= 0.6 is 7.60 Å². The second-order valence-corrected chi connectivity index (χ2v) is 11.6. The van der Waals surface area contributed by atoms with Crippen LogP contribution in [0.2, 0.25) is 0 Å². The first-order valence-electron chi connectivity index (χ1n) is 10.8. The molecule has 1 aromatic heterocycles. The number of carbonyl (C=O) groups is 1. The number of hydrogen-bond donors (Lipinski definition) is 2. The Morgan fingerprint density at radius 2 is 1.94 bits per heavy atom. The summed E-state index contributed by atoms with van der Waals surface area (Å²) in [4.78, 5) is 29.7. The zero-order valence-corrected chi connectivity index (χ0v) is 20.3. The van der Waals surface area contributed by atoms with E-state index in [1.807, 2.05) is 13.8 Å². The summed E-state index contributed by atoms with van der Waals surface area (Å²) in [6, 6.07) is 3.58. The fourth-order valence-electron chi connectivity index (χ4n) is 3.76. The Hall–Kier alpha value is -2.59. The van der Waals surface area contributed by atoms with Gasteiger partial charge >= 0.3 is 7.60 Å². The molecule has 1 amide bonds. The fraction of sp³-hybridized carbons (Fsp3) is 0.500. The molecule has 2 aromatic rings. The Morgan fingerprint density at radius 1 is 1.26 bits per heavy atom. The molecule has 0 atom stereocenters. The monoisotopic (exact) mass is 495 g/mol. The molecule has 184 valence electrons. The predicted octanol–water partition coefficient (Wildman–Crippen LogP) is 2.17. The van der Waals surface area contributed by atoms with Crippen molar-refractivity contribution in [1.82, 2.24) is 14.9 Å². The van der Waals surface area contributed by atoms with Crippen molar-refractivity contribution < 1.29 is 32.6 Å². The van der Waals surface area contributed by atoms with Crippen molar-refractivity contribution in [3.8, 4) is 5.75 Å². The molecule has 0 spiro atoms. The van der Waals surface area contributed by atoms with E-state index in [2.05, 4.69) is 10.3 Å². The first-order chi connectivity index (χ1) is 15.8. The van der Waals surface area contributed by atoms with Crippen LogP contribution < -0.4 is 16.2 Å². The first-order valence-corrected chi connectivity index (χ1v) is 12.3. The number of hydrogen-bond acceptors (Lipinski definition) is 8. The molecule has 1 aromatic carbocycles. The third kappa shape index (κ3) is 4.53. The van der Waals surface area contributed by atoms with Crippen molar-refractivity contribution in [3.63, 3.8) is 0 Å². The number of aromatic hydroxyl groups is 1. The van der Waals surface area contributed by atoms with Crippen LogP contribution in [0.4, 0.5) is 4.39 Å². The molecule has 0 radical (unpaired) electrons. The van der Waals surface area contributed by atoms with E-state index in [0.717, 1.165) is 12.1 Å². The van der Waals surface area contributed by atoms with Crippen molar-refractivity contribution in [1.29, 1.82) is 0 Å². The van der Waals surface area contributed by atoms with Crippen LogP contribution in [-0.4, -0.2) is 40.4 Å². The first kappa shape index (κ1) is 24.5. The van der Waals surface area contributed by atoms with Gasteiger partial charge in [0.05, 0.1) is 31.7 Å². The van der Waals surface area contributed by atoms with Gasteiger partial charge in [-0.1, -0.05) is 19.9 Å². The molecule has 34 heavy (non-hydrogen) atoms. The molecule has 0 saturated carbocycles. The van der Waals surface area contributed by atoms with Gasteiger partial charge < -0.3 is 24.2 Å². The molecular formula is C22H27FN3O7P. The number of aromatic nitrogens is 2. The minimum Gasteiger partial charge on any atom is -0.501 e. The van der Waals surface area contributed by atoms with Gasteiger partial charge in [0.1, 0.15) is 17.2 Å². The molecule has 4 rings (SSSR count). The summed E-state index contributed by atoms with van der Waals surface area (Å²) in [7, 11) is -3.82. The number of nitrogens with one attached hydrogen (secondary N) is 1. The Balaban J connectivity index is 1.61. The van der Waals surface area contributed by atoms with Gasteiger partial charge in [0.25, 0.3) is 11.5 Å². The average Bonchev–Trinajstić information content (AvgIpc) is 2.77. The largest absolute Gasteiger partial charge is 0.501 e. The highest BCUT2D eigenvalue weighted by atomic mass is 31.2. The Bertz CT molecular complexity index is 1240. The number of nitrogens with zero attached hydrogens (tertiary/aromatic N) is 2. The number of ether oxygens (including phenoxy) is 1. The second kappa shape index (κ2) is 8.57. The lowest BCUT2D eigenvalue weighted by molar-refractivity contribution is -0.0566. The Kier molecular flexibility index (Phi) is 6.18. The van der Waals surface area contributed by atoms with Crippen molar-refractivity contribution in [2.75, 3.05) is 19.8 Å². The summed E-state index contributed by atoms with van der Waals surface area (Å²) in [5.74, 6) is -2.04. The maximum atomic E-state index is 14.0. The zero-order chi connectivity index (χ0) is 24.9. The molecule has 2 aliphatic rings. The lowest BCUT2D eigenvalue weighted by atomic mass is 9.97. The number of benzene rings is 1. The molecule has 0 unspecified atom stereocenters. The van der Waals surface area contributed by atoms with Crippen LogP contribution in [-0.2, 0) is 37.0 Å². The van der Waals surface area contributed by atoms with Gasteiger partial charge in [-0.15, -0.1) is 0 Å². The number of carbonyl (C=O) groups excluding carboxylic acids is 1. The molecule has 1 fully saturated rings. The minimum absolute atomic E-state index is 0.000486. The third-order valence-corrected chi connectivity index (χ3v) is 7.65. The Morgan fingerprint density at radius 3 is 2.62 bits per heavy atom. The molecule has 1 saturated heterocycles. The van der Waals surface area contributed by atoms with Crippen LogP contribution in [0.15, 0.2) is 23.0 Å².